The van der Waals surface area contributed by atoms with E-state index < -0.39 is 0 Å². The normalized spacial score (nSPS) is 24.4. The van der Waals surface area contributed by atoms with E-state index in [1.165, 1.54) is 0 Å². The van der Waals surface area contributed by atoms with E-state index in [1.54, 1.807) is 6.34 Å². The van der Waals surface area contributed by atoms with Crippen molar-refractivity contribution in [3.63, 3.8) is 0 Å². The molecular formula is C4H9ClN2O. The molecule has 0 radical (unpaired) electrons. The maximum absolute atomic E-state index is 8.42. The van der Waals surface area contributed by atoms with Crippen LogP contribution in [0.25, 0.3) is 0 Å². The van der Waals surface area contributed by atoms with Gasteiger partial charge in [-0.15, -0.1) is 12.4 Å². The van der Waals surface area contributed by atoms with E-state index >= 15 is 0 Å². The van der Waals surface area contributed by atoms with Gasteiger partial charge in [0.2, 0.25) is 0 Å². The zero-order valence-corrected chi connectivity index (χ0v) is 5.19. The van der Waals surface area contributed by atoms with Crippen molar-refractivity contribution < 1.29 is 5.11 Å². The summed E-state index contributed by atoms with van der Waals surface area (Å²) in [6, 6.07) is 0.181. The average Bonchev–Trinajstić information content (AvgIpc) is 2.14. The molecule has 1 aliphatic rings. The minimum atomic E-state index is 0. The zero-order chi connectivity index (χ0) is 5.11. The molecule has 1 rings (SSSR count). The van der Waals surface area contributed by atoms with Crippen LogP contribution in [0.4, 0.5) is 0 Å². The highest BCUT2D eigenvalue weighted by molar-refractivity contribution is 5.85. The number of aliphatic imine (C=N–C) groups is 1. The van der Waals surface area contributed by atoms with Crippen LogP contribution in [0.2, 0.25) is 0 Å². The second kappa shape index (κ2) is 3.69. The molecule has 0 aromatic rings. The van der Waals surface area contributed by atoms with Crippen LogP contribution in [0.15, 0.2) is 4.99 Å². The lowest BCUT2D eigenvalue weighted by Gasteiger charge is -2.01. The second-order valence-corrected chi connectivity index (χ2v) is 1.54. The number of aliphatic hydroxyl groups excluding tert-OH is 1. The molecule has 0 saturated heterocycles. The van der Waals surface area contributed by atoms with Gasteiger partial charge in [-0.1, -0.05) is 0 Å². The molecule has 4 heteroatoms. The van der Waals surface area contributed by atoms with E-state index in [-0.39, 0.29) is 25.1 Å². The van der Waals surface area contributed by atoms with E-state index in [9.17, 15) is 0 Å². The lowest BCUT2D eigenvalue weighted by atomic mass is 10.3. The van der Waals surface area contributed by atoms with Gasteiger partial charge in [0, 0.05) is 0 Å². The van der Waals surface area contributed by atoms with Gasteiger partial charge < -0.3 is 10.4 Å². The van der Waals surface area contributed by atoms with Crippen molar-refractivity contribution in [2.75, 3.05) is 13.2 Å². The molecule has 0 fully saturated rings. The number of nitrogens with one attached hydrogen (secondary N) is 1. The fraction of sp³-hybridized carbons (Fsp3) is 0.750. The van der Waals surface area contributed by atoms with Gasteiger partial charge in [0.15, 0.2) is 0 Å². The van der Waals surface area contributed by atoms with Gasteiger partial charge in [-0.25, -0.2) is 0 Å². The van der Waals surface area contributed by atoms with Crippen molar-refractivity contribution in [3.05, 3.63) is 0 Å². The summed E-state index contributed by atoms with van der Waals surface area (Å²) in [5.74, 6) is 0. The van der Waals surface area contributed by atoms with Crippen molar-refractivity contribution in [1.82, 2.24) is 5.32 Å². The number of rotatable bonds is 1. The van der Waals surface area contributed by atoms with Crippen molar-refractivity contribution >= 4 is 18.7 Å². The Bertz CT molecular complexity index is 78.1. The first-order valence-corrected chi connectivity index (χ1v) is 2.28. The number of hydrogen-bond acceptors (Lipinski definition) is 3. The SMILES string of the molecule is Cl.OCC1CN=CN1. The first-order valence-electron chi connectivity index (χ1n) is 2.28. The van der Waals surface area contributed by atoms with E-state index in [1.807, 2.05) is 0 Å². The lowest BCUT2D eigenvalue weighted by molar-refractivity contribution is 0.264. The third kappa shape index (κ3) is 1.68. The molecule has 48 valence electrons. The highest BCUT2D eigenvalue weighted by atomic mass is 35.5. The van der Waals surface area contributed by atoms with Crippen LogP contribution in [0.3, 0.4) is 0 Å². The molecule has 1 aliphatic heterocycles. The molecule has 0 amide bonds. The smallest absolute Gasteiger partial charge is 0.0828 e. The zero-order valence-electron chi connectivity index (χ0n) is 4.37. The maximum Gasteiger partial charge on any atom is 0.0828 e. The summed E-state index contributed by atoms with van der Waals surface area (Å²) in [5, 5.41) is 11.3. The van der Waals surface area contributed by atoms with Crippen molar-refractivity contribution in [3.8, 4) is 0 Å². The standard InChI is InChI=1S/C4H8N2O.ClH/c7-2-4-1-5-3-6-4;/h3-4,7H,1-2H2,(H,5,6);1H. The molecule has 0 aromatic heterocycles. The highest BCUT2D eigenvalue weighted by Crippen LogP contribution is 1.86. The number of nitrogens with zero attached hydrogens (tertiary/aromatic N) is 1. The Morgan fingerprint density at radius 2 is 2.62 bits per heavy atom. The summed E-state index contributed by atoms with van der Waals surface area (Å²) in [6.45, 7) is 0.899. The number of hydrogen-bond donors (Lipinski definition) is 2. The molecule has 1 heterocycles. The van der Waals surface area contributed by atoms with Gasteiger partial charge >= 0.3 is 0 Å². The van der Waals surface area contributed by atoms with E-state index in [4.69, 9.17) is 5.11 Å². The summed E-state index contributed by atoms with van der Waals surface area (Å²) in [7, 11) is 0. The monoisotopic (exact) mass is 136 g/mol. The predicted molar refractivity (Wildman–Crippen MR) is 34.6 cm³/mol. The van der Waals surface area contributed by atoms with Crippen LogP contribution in [-0.2, 0) is 0 Å². The van der Waals surface area contributed by atoms with Crippen molar-refractivity contribution in [1.29, 1.82) is 0 Å². The molecule has 8 heavy (non-hydrogen) atoms. The molecule has 2 N–H and O–H groups in total. The van der Waals surface area contributed by atoms with Gasteiger partial charge in [0.05, 0.1) is 25.5 Å². The largest absolute Gasteiger partial charge is 0.394 e. The molecule has 0 aromatic carbocycles. The first kappa shape index (κ1) is 7.72. The lowest BCUT2D eigenvalue weighted by Crippen LogP contribution is -2.28. The Kier molecular flexibility index (Phi) is 3.56. The summed E-state index contributed by atoms with van der Waals surface area (Å²) in [5.41, 5.74) is 0. The van der Waals surface area contributed by atoms with E-state index in [0.717, 1.165) is 6.54 Å². The molecule has 0 spiro atoms. The molecule has 0 saturated carbocycles. The summed E-state index contributed by atoms with van der Waals surface area (Å²) < 4.78 is 0. The highest BCUT2D eigenvalue weighted by Gasteiger charge is 2.05. The number of halogens is 1. The van der Waals surface area contributed by atoms with Crippen LogP contribution in [0.1, 0.15) is 0 Å². The van der Waals surface area contributed by atoms with Gasteiger partial charge in [0.25, 0.3) is 0 Å². The van der Waals surface area contributed by atoms with Gasteiger partial charge in [-0.2, -0.15) is 0 Å². The molecule has 0 aliphatic carbocycles. The van der Waals surface area contributed by atoms with Crippen LogP contribution >= 0.6 is 12.4 Å². The molecule has 1 unspecified atom stereocenters. The Morgan fingerprint density at radius 1 is 1.88 bits per heavy atom. The summed E-state index contributed by atoms with van der Waals surface area (Å²) >= 11 is 0. The Balaban J connectivity index is 0.000000490. The molecule has 1 atom stereocenters. The molecule has 3 nitrogen and oxygen atoms in total. The van der Waals surface area contributed by atoms with Gasteiger partial charge in [-0.05, 0) is 0 Å². The first-order chi connectivity index (χ1) is 3.43. The van der Waals surface area contributed by atoms with Crippen molar-refractivity contribution in [2.45, 2.75) is 6.04 Å². The number of aliphatic hydroxyl groups is 1. The van der Waals surface area contributed by atoms with Gasteiger partial charge in [-0.3, -0.25) is 4.99 Å². The quantitative estimate of drug-likeness (QED) is 0.506. The summed E-state index contributed by atoms with van der Waals surface area (Å²) in [6.07, 6.45) is 1.63. The Labute approximate surface area is 54.2 Å². The second-order valence-electron chi connectivity index (χ2n) is 1.54. The van der Waals surface area contributed by atoms with Crippen LogP contribution in [-0.4, -0.2) is 30.6 Å². The molecule has 0 bridgehead atoms. The minimum Gasteiger partial charge on any atom is -0.394 e. The fourth-order valence-corrected chi connectivity index (χ4v) is 0.501. The van der Waals surface area contributed by atoms with E-state index in [0.29, 0.717) is 0 Å². The topological polar surface area (TPSA) is 44.6 Å². The van der Waals surface area contributed by atoms with Crippen LogP contribution in [0.5, 0.6) is 0 Å². The third-order valence-corrected chi connectivity index (χ3v) is 0.948. The Morgan fingerprint density at radius 3 is 2.88 bits per heavy atom. The minimum absolute atomic E-state index is 0. The summed E-state index contributed by atoms with van der Waals surface area (Å²) in [4.78, 5) is 3.84. The average molecular weight is 137 g/mol. The molecular weight excluding hydrogens is 128 g/mol. The van der Waals surface area contributed by atoms with Crippen LogP contribution < -0.4 is 5.32 Å². The fourth-order valence-electron chi connectivity index (χ4n) is 0.501. The third-order valence-electron chi connectivity index (χ3n) is 0.948. The van der Waals surface area contributed by atoms with Crippen LogP contribution in [0, 0.1) is 0 Å². The van der Waals surface area contributed by atoms with Gasteiger partial charge in [0.1, 0.15) is 0 Å². The van der Waals surface area contributed by atoms with Crippen molar-refractivity contribution in [2.24, 2.45) is 4.99 Å². The predicted octanol–water partition coefficient (Wildman–Crippen LogP) is -0.599. The van der Waals surface area contributed by atoms with E-state index in [2.05, 4.69) is 10.3 Å². The Hall–Kier alpha value is -0.280. The maximum atomic E-state index is 8.42.